The van der Waals surface area contributed by atoms with Crippen LogP contribution in [0.25, 0.3) is 0 Å². The standard InChI is InChI=1S/C42H84O15/c1-3-5-6-7-8-9-10-11-12-13-14-16-44-18-20-46-22-24-48-26-28-50-30-32-52-34-36-54-38-40-56-41-39-55-37-35-53-33-31-51-29-27-49-25-23-47-21-19-45-17-15-42(43)57-4-2/h3-41H2,1-2H3. The molecule has 0 amide bonds. The van der Waals surface area contributed by atoms with Gasteiger partial charge < -0.3 is 66.3 Å². The van der Waals surface area contributed by atoms with Crippen molar-refractivity contribution in [2.45, 2.75) is 90.9 Å². The van der Waals surface area contributed by atoms with Crippen LogP contribution in [0.15, 0.2) is 0 Å². The zero-order chi connectivity index (χ0) is 41.1. The van der Waals surface area contributed by atoms with E-state index in [1.807, 2.05) is 0 Å². The highest BCUT2D eigenvalue weighted by Crippen LogP contribution is 2.11. The fourth-order valence-corrected chi connectivity index (χ4v) is 5.00. The molecule has 342 valence electrons. The molecule has 0 atom stereocenters. The Hall–Kier alpha value is -1.05. The van der Waals surface area contributed by atoms with Crippen molar-refractivity contribution in [2.75, 3.05) is 178 Å². The molecule has 0 radical (unpaired) electrons. The van der Waals surface area contributed by atoms with Crippen molar-refractivity contribution in [2.24, 2.45) is 0 Å². The van der Waals surface area contributed by atoms with Crippen molar-refractivity contribution in [3.63, 3.8) is 0 Å². The van der Waals surface area contributed by atoms with Crippen molar-refractivity contribution in [3.8, 4) is 0 Å². The molecule has 0 heterocycles. The highest BCUT2D eigenvalue weighted by atomic mass is 16.6. The van der Waals surface area contributed by atoms with Gasteiger partial charge in [-0.25, -0.2) is 0 Å². The summed E-state index contributed by atoms with van der Waals surface area (Å²) in [6.45, 7) is 17.9. The number of carbonyl (C=O) groups is 1. The Labute approximate surface area is 345 Å². The Morgan fingerprint density at radius 3 is 0.719 bits per heavy atom. The summed E-state index contributed by atoms with van der Waals surface area (Å²) in [6.07, 6.45) is 15.1. The highest BCUT2D eigenvalue weighted by Gasteiger charge is 2.01. The molecule has 0 spiro atoms. The van der Waals surface area contributed by atoms with Crippen molar-refractivity contribution in [1.82, 2.24) is 0 Å². The Kier molecular flexibility index (Phi) is 52.0. The van der Waals surface area contributed by atoms with Gasteiger partial charge in [-0.05, 0) is 13.3 Å². The number of esters is 1. The Morgan fingerprint density at radius 1 is 0.263 bits per heavy atom. The van der Waals surface area contributed by atoms with E-state index in [1.54, 1.807) is 6.92 Å². The SMILES string of the molecule is CCCCCCCCCCCCCOCCOCCOCCOCCOCCOCCOCCOCCOCCOCCOCCOCCOCCC(=O)OCC. The maximum atomic E-state index is 11.2. The molecule has 0 aliphatic heterocycles. The van der Waals surface area contributed by atoms with Crippen LogP contribution < -0.4 is 0 Å². The first-order valence-corrected chi connectivity index (χ1v) is 22.0. The third-order valence-electron chi connectivity index (χ3n) is 8.11. The Bertz CT molecular complexity index is 738. The lowest BCUT2D eigenvalue weighted by molar-refractivity contribution is -0.144. The summed E-state index contributed by atoms with van der Waals surface area (Å²) in [5.74, 6) is -0.251. The van der Waals surface area contributed by atoms with E-state index >= 15 is 0 Å². The Morgan fingerprint density at radius 2 is 0.474 bits per heavy atom. The molecule has 0 aromatic carbocycles. The molecule has 0 bridgehead atoms. The van der Waals surface area contributed by atoms with Crippen LogP contribution in [0.1, 0.15) is 90.9 Å². The van der Waals surface area contributed by atoms with E-state index in [0.29, 0.717) is 172 Å². The van der Waals surface area contributed by atoms with E-state index in [0.717, 1.165) is 13.0 Å². The van der Waals surface area contributed by atoms with Crippen LogP contribution in [-0.2, 0) is 71.1 Å². The van der Waals surface area contributed by atoms with Crippen LogP contribution in [0.3, 0.4) is 0 Å². The molecule has 57 heavy (non-hydrogen) atoms. The average molecular weight is 829 g/mol. The molecule has 0 aromatic heterocycles. The number of unbranched alkanes of at least 4 members (excludes halogenated alkanes) is 10. The summed E-state index contributed by atoms with van der Waals surface area (Å²) < 4.78 is 76.3. The van der Waals surface area contributed by atoms with Gasteiger partial charge >= 0.3 is 5.97 Å². The summed E-state index contributed by atoms with van der Waals surface area (Å²) in [4.78, 5) is 11.2. The second-order valence-electron chi connectivity index (χ2n) is 13.1. The van der Waals surface area contributed by atoms with Crippen molar-refractivity contribution in [1.29, 1.82) is 0 Å². The third kappa shape index (κ3) is 52.9. The molecule has 0 fully saturated rings. The van der Waals surface area contributed by atoms with E-state index in [9.17, 15) is 4.79 Å². The van der Waals surface area contributed by atoms with Gasteiger partial charge in [-0.2, -0.15) is 0 Å². The van der Waals surface area contributed by atoms with E-state index in [2.05, 4.69) is 6.92 Å². The fourth-order valence-electron chi connectivity index (χ4n) is 5.00. The minimum absolute atomic E-state index is 0.251. The van der Waals surface area contributed by atoms with Gasteiger partial charge in [-0.1, -0.05) is 71.1 Å². The largest absolute Gasteiger partial charge is 0.466 e. The predicted octanol–water partition coefficient (Wildman–Crippen LogP) is 5.47. The summed E-state index contributed by atoms with van der Waals surface area (Å²) in [5.41, 5.74) is 0. The lowest BCUT2D eigenvalue weighted by Gasteiger charge is -2.09. The van der Waals surface area contributed by atoms with Crippen molar-refractivity contribution < 1.29 is 71.1 Å². The number of carbonyl (C=O) groups excluding carboxylic acids is 1. The van der Waals surface area contributed by atoms with Gasteiger partial charge in [0.25, 0.3) is 0 Å². The molecule has 0 saturated heterocycles. The third-order valence-corrected chi connectivity index (χ3v) is 8.11. The maximum absolute atomic E-state index is 11.2. The first-order valence-electron chi connectivity index (χ1n) is 22.0. The van der Waals surface area contributed by atoms with Crippen LogP contribution in [0.4, 0.5) is 0 Å². The van der Waals surface area contributed by atoms with E-state index < -0.39 is 0 Å². The lowest BCUT2D eigenvalue weighted by atomic mass is 10.1. The monoisotopic (exact) mass is 829 g/mol. The molecule has 15 nitrogen and oxygen atoms in total. The minimum Gasteiger partial charge on any atom is -0.466 e. The highest BCUT2D eigenvalue weighted by molar-refractivity contribution is 5.69. The van der Waals surface area contributed by atoms with Gasteiger partial charge in [0.1, 0.15) is 0 Å². The minimum atomic E-state index is -0.251. The normalized spacial score (nSPS) is 11.5. The summed E-state index contributed by atoms with van der Waals surface area (Å²) in [7, 11) is 0. The van der Waals surface area contributed by atoms with Gasteiger partial charge in [0.2, 0.25) is 0 Å². The van der Waals surface area contributed by atoms with Gasteiger partial charge in [-0.3, -0.25) is 4.79 Å². The number of rotatable bonds is 52. The molecular weight excluding hydrogens is 744 g/mol. The predicted molar refractivity (Wildman–Crippen MR) is 218 cm³/mol. The molecule has 0 aliphatic carbocycles. The van der Waals surface area contributed by atoms with Crippen molar-refractivity contribution >= 4 is 5.97 Å². The topological polar surface area (TPSA) is 146 Å². The van der Waals surface area contributed by atoms with Gasteiger partial charge in [0, 0.05) is 6.61 Å². The molecule has 15 heteroatoms. The summed E-state index contributed by atoms with van der Waals surface area (Å²) >= 11 is 0. The molecule has 0 aliphatic rings. The van der Waals surface area contributed by atoms with Crippen LogP contribution in [0.5, 0.6) is 0 Å². The van der Waals surface area contributed by atoms with Gasteiger partial charge in [-0.15, -0.1) is 0 Å². The zero-order valence-corrected chi connectivity index (χ0v) is 36.2. The summed E-state index contributed by atoms with van der Waals surface area (Å²) in [6, 6.07) is 0. The zero-order valence-electron chi connectivity index (χ0n) is 36.2. The van der Waals surface area contributed by atoms with Crippen molar-refractivity contribution in [3.05, 3.63) is 0 Å². The van der Waals surface area contributed by atoms with E-state index in [-0.39, 0.29) is 12.4 Å². The molecular formula is C42H84O15. The lowest BCUT2D eigenvalue weighted by Crippen LogP contribution is -2.15. The first-order chi connectivity index (χ1) is 28.3. The molecule has 0 aromatic rings. The average Bonchev–Trinajstić information content (AvgIpc) is 3.21. The van der Waals surface area contributed by atoms with Crippen LogP contribution in [0, 0.1) is 0 Å². The second-order valence-corrected chi connectivity index (χ2v) is 13.1. The first kappa shape index (κ1) is 55.9. The second kappa shape index (κ2) is 53.0. The molecule has 0 saturated carbocycles. The maximum Gasteiger partial charge on any atom is 0.308 e. The van der Waals surface area contributed by atoms with Crippen LogP contribution in [-0.4, -0.2) is 184 Å². The smallest absolute Gasteiger partial charge is 0.308 e. The van der Waals surface area contributed by atoms with Crippen LogP contribution in [0.2, 0.25) is 0 Å². The molecule has 0 rings (SSSR count). The van der Waals surface area contributed by atoms with Crippen LogP contribution >= 0.6 is 0 Å². The van der Waals surface area contributed by atoms with E-state index in [1.165, 1.54) is 64.2 Å². The number of hydrogen-bond donors (Lipinski definition) is 0. The molecule has 0 unspecified atom stereocenters. The summed E-state index contributed by atoms with van der Waals surface area (Å²) in [5, 5.41) is 0. The quantitative estimate of drug-likeness (QED) is 0.0564. The van der Waals surface area contributed by atoms with E-state index in [4.69, 9.17) is 66.3 Å². The van der Waals surface area contributed by atoms with Gasteiger partial charge in [0.05, 0.1) is 178 Å². The van der Waals surface area contributed by atoms with Gasteiger partial charge in [0.15, 0.2) is 0 Å². The Balaban J connectivity index is 3.07. The molecule has 0 N–H and O–H groups in total. The number of ether oxygens (including phenoxy) is 14. The number of hydrogen-bond acceptors (Lipinski definition) is 15. The fraction of sp³-hybridized carbons (Fsp3) is 0.976.